The van der Waals surface area contributed by atoms with E-state index in [1.165, 1.54) is 19.1 Å². The minimum absolute atomic E-state index is 0.00759. The average molecular weight is 600 g/mol. The molecule has 4 rings (SSSR count). The summed E-state index contributed by atoms with van der Waals surface area (Å²) >= 11 is 0. The molecule has 2 atom stereocenters. The van der Waals surface area contributed by atoms with Gasteiger partial charge >= 0.3 is 5.97 Å². The Morgan fingerprint density at radius 2 is 1.12 bits per heavy atom. The molecule has 3 nitrogen and oxygen atoms in total. The fourth-order valence-corrected chi connectivity index (χ4v) is 4.64. The summed E-state index contributed by atoms with van der Waals surface area (Å²) in [6.07, 6.45) is 3.22. The van der Waals surface area contributed by atoms with Gasteiger partial charge in [-0.2, -0.15) is 0 Å². The Labute approximate surface area is 233 Å². The summed E-state index contributed by atoms with van der Waals surface area (Å²) in [5, 5.41) is 0. The minimum atomic E-state index is -1.82. The molecule has 0 fully saturated rings. The first-order valence-electron chi connectivity index (χ1n) is 12.5. The first-order valence-corrected chi connectivity index (χ1v) is 12.5. The molecule has 12 heteroatoms. The molecule has 0 heterocycles. The molecule has 0 amide bonds. The molecule has 0 N–H and O–H groups in total. The van der Waals surface area contributed by atoms with Gasteiger partial charge in [-0.3, -0.25) is 4.79 Å². The van der Waals surface area contributed by atoms with Gasteiger partial charge in [0.05, 0.1) is 13.2 Å². The number of carbonyl (C=O) groups is 1. The Balaban J connectivity index is 1.87. The van der Waals surface area contributed by atoms with Crippen LogP contribution >= 0.6 is 0 Å². The molecule has 222 valence electrons. The van der Waals surface area contributed by atoms with Crippen molar-refractivity contribution in [3.05, 3.63) is 123 Å². The van der Waals surface area contributed by atoms with Crippen LogP contribution in [0, 0.1) is 52.4 Å². The summed E-state index contributed by atoms with van der Waals surface area (Å²) in [6, 6.07) is 3.61. The van der Waals surface area contributed by atoms with Gasteiger partial charge in [-0.05, 0) is 83.7 Å². The van der Waals surface area contributed by atoms with Gasteiger partial charge in [-0.25, -0.2) is 39.5 Å². The summed E-state index contributed by atoms with van der Waals surface area (Å²) < 4.78 is 138. The highest BCUT2D eigenvalue weighted by molar-refractivity contribution is 5.77. The molecule has 1 aliphatic carbocycles. The van der Waals surface area contributed by atoms with Crippen LogP contribution in [-0.4, -0.2) is 19.2 Å². The number of ether oxygens (including phenoxy) is 2. The minimum Gasteiger partial charge on any atom is -0.494 e. The second-order valence-corrected chi connectivity index (χ2v) is 9.42. The van der Waals surface area contributed by atoms with Crippen molar-refractivity contribution in [3.8, 4) is 0 Å². The monoisotopic (exact) mass is 600 g/mol. The zero-order valence-electron chi connectivity index (χ0n) is 21.7. The zero-order valence-corrected chi connectivity index (χ0v) is 21.7. The van der Waals surface area contributed by atoms with E-state index in [-0.39, 0.29) is 41.2 Å². The van der Waals surface area contributed by atoms with Crippen LogP contribution in [0.25, 0.3) is 5.57 Å². The van der Waals surface area contributed by atoms with Crippen LogP contribution in [0.1, 0.15) is 48.3 Å². The number of halogens is 9. The Morgan fingerprint density at radius 3 is 1.62 bits per heavy atom. The third-order valence-corrected chi connectivity index (χ3v) is 6.52. The second kappa shape index (κ2) is 12.7. The van der Waals surface area contributed by atoms with Gasteiger partial charge in [0.2, 0.25) is 0 Å². The van der Waals surface area contributed by atoms with Gasteiger partial charge in [-0.15, -0.1) is 0 Å². The molecule has 42 heavy (non-hydrogen) atoms. The van der Waals surface area contributed by atoms with Crippen molar-refractivity contribution in [2.24, 2.45) is 0 Å². The Kier molecular flexibility index (Phi) is 9.33. The molecule has 0 bridgehead atoms. The highest BCUT2D eigenvalue weighted by atomic mass is 19.2. The van der Waals surface area contributed by atoms with E-state index in [1.807, 2.05) is 0 Å². The molecule has 0 aliphatic heterocycles. The molecule has 2 unspecified atom stereocenters. The Hall–Kier alpha value is -4.22. The topological polar surface area (TPSA) is 35.5 Å². The maximum absolute atomic E-state index is 14.4. The predicted molar refractivity (Wildman–Crippen MR) is 132 cm³/mol. The van der Waals surface area contributed by atoms with Crippen LogP contribution < -0.4 is 0 Å². The highest BCUT2D eigenvalue weighted by Crippen LogP contribution is 2.48. The van der Waals surface area contributed by atoms with E-state index in [1.54, 1.807) is 0 Å². The SMILES string of the molecule is CC(=O)OCCCCOC1=CC(c2cc(F)c(F)c(F)c2)C(c2cc(F)c(F)c(F)c2)C(c2cc(F)c(F)c(F)c2)=C1. The lowest BCUT2D eigenvalue weighted by molar-refractivity contribution is -0.141. The largest absolute Gasteiger partial charge is 0.494 e. The van der Waals surface area contributed by atoms with Gasteiger partial charge in [-0.1, -0.05) is 0 Å². The van der Waals surface area contributed by atoms with Crippen molar-refractivity contribution in [1.82, 2.24) is 0 Å². The molecule has 0 radical (unpaired) electrons. The Morgan fingerprint density at radius 1 is 0.667 bits per heavy atom. The highest BCUT2D eigenvalue weighted by Gasteiger charge is 2.35. The fraction of sp³-hybridized carbons (Fsp3) is 0.233. The molecule has 3 aromatic carbocycles. The Bertz CT molecular complexity index is 1510. The summed E-state index contributed by atoms with van der Waals surface area (Å²) in [5.41, 5.74) is -1.08. The smallest absolute Gasteiger partial charge is 0.302 e. The van der Waals surface area contributed by atoms with Crippen molar-refractivity contribution < 1.29 is 53.8 Å². The van der Waals surface area contributed by atoms with Crippen molar-refractivity contribution in [1.29, 1.82) is 0 Å². The second-order valence-electron chi connectivity index (χ2n) is 9.42. The van der Waals surface area contributed by atoms with Gasteiger partial charge < -0.3 is 9.47 Å². The number of benzene rings is 3. The van der Waals surface area contributed by atoms with Crippen LogP contribution in [0.3, 0.4) is 0 Å². The van der Waals surface area contributed by atoms with E-state index >= 15 is 0 Å². The maximum atomic E-state index is 14.4. The molecule has 1 aliphatic rings. The van der Waals surface area contributed by atoms with Gasteiger partial charge in [0, 0.05) is 18.8 Å². The van der Waals surface area contributed by atoms with E-state index in [2.05, 4.69) is 0 Å². The molecule has 3 aromatic rings. The number of unbranched alkanes of at least 4 members (excludes halogenated alkanes) is 1. The van der Waals surface area contributed by atoms with Crippen LogP contribution in [-0.2, 0) is 14.3 Å². The maximum Gasteiger partial charge on any atom is 0.302 e. The van der Waals surface area contributed by atoms with E-state index in [0.29, 0.717) is 49.2 Å². The van der Waals surface area contributed by atoms with Gasteiger partial charge in [0.1, 0.15) is 5.76 Å². The molecule has 0 saturated carbocycles. The zero-order chi connectivity index (χ0) is 30.7. The standard InChI is InChI=1S/C30H21F9O3/c1-14(40)41-4-2-3-5-42-18-12-19(15-6-21(31)28(37)22(32)7-15)27(17-10-25(35)30(39)26(36)11-17)20(13-18)16-8-23(33)29(38)24(34)9-16/h6-13,19,27H,2-5H2,1H3. The molecular weight excluding hydrogens is 579 g/mol. The fourth-order valence-electron chi connectivity index (χ4n) is 4.64. The first-order chi connectivity index (χ1) is 19.9. The molecule has 0 saturated heterocycles. The lowest BCUT2D eigenvalue weighted by atomic mass is 9.72. The quantitative estimate of drug-likeness (QED) is 0.108. The normalized spacial score (nSPS) is 16.6. The van der Waals surface area contributed by atoms with Crippen molar-refractivity contribution in [3.63, 3.8) is 0 Å². The van der Waals surface area contributed by atoms with Crippen molar-refractivity contribution in [2.45, 2.75) is 31.6 Å². The molecular formula is C30H21F9O3. The van der Waals surface area contributed by atoms with Crippen LogP contribution in [0.4, 0.5) is 39.5 Å². The number of carbonyl (C=O) groups excluding carboxylic acids is 1. The summed E-state index contributed by atoms with van der Waals surface area (Å²) in [7, 11) is 0. The van der Waals surface area contributed by atoms with Crippen LogP contribution in [0.2, 0.25) is 0 Å². The van der Waals surface area contributed by atoms with E-state index in [9.17, 15) is 44.3 Å². The van der Waals surface area contributed by atoms with E-state index in [0.717, 1.165) is 0 Å². The first kappa shape index (κ1) is 30.7. The summed E-state index contributed by atoms with van der Waals surface area (Å²) in [6.45, 7) is 1.31. The van der Waals surface area contributed by atoms with Gasteiger partial charge in [0.15, 0.2) is 52.4 Å². The molecule has 0 aromatic heterocycles. The third-order valence-electron chi connectivity index (χ3n) is 6.52. The number of allylic oxidation sites excluding steroid dienone is 3. The number of esters is 1. The molecule has 0 spiro atoms. The predicted octanol–water partition coefficient (Wildman–Crippen LogP) is 8.15. The summed E-state index contributed by atoms with van der Waals surface area (Å²) in [4.78, 5) is 10.9. The lowest BCUT2D eigenvalue weighted by Crippen LogP contribution is -2.19. The van der Waals surface area contributed by atoms with Crippen molar-refractivity contribution in [2.75, 3.05) is 13.2 Å². The average Bonchev–Trinajstić information content (AvgIpc) is 2.93. The number of rotatable bonds is 9. The number of hydrogen-bond donors (Lipinski definition) is 0. The van der Waals surface area contributed by atoms with Crippen LogP contribution in [0.15, 0.2) is 54.3 Å². The lowest BCUT2D eigenvalue weighted by Gasteiger charge is -2.33. The van der Waals surface area contributed by atoms with Crippen LogP contribution in [0.5, 0.6) is 0 Å². The van der Waals surface area contributed by atoms with E-state index in [4.69, 9.17) is 9.47 Å². The third kappa shape index (κ3) is 6.63. The van der Waals surface area contributed by atoms with Gasteiger partial charge in [0.25, 0.3) is 0 Å². The number of hydrogen-bond acceptors (Lipinski definition) is 3. The van der Waals surface area contributed by atoms with Crippen molar-refractivity contribution >= 4 is 11.5 Å². The van der Waals surface area contributed by atoms with E-state index < -0.39 is 70.2 Å². The summed E-state index contributed by atoms with van der Waals surface area (Å²) in [5.74, 6) is -18.4.